The van der Waals surface area contributed by atoms with E-state index in [1.807, 2.05) is 0 Å². The molecule has 1 aliphatic heterocycles. The van der Waals surface area contributed by atoms with E-state index in [9.17, 15) is 39.9 Å². The summed E-state index contributed by atoms with van der Waals surface area (Å²) in [5.41, 5.74) is 5.03. The van der Waals surface area contributed by atoms with Gasteiger partial charge in [-0.3, -0.25) is 14.4 Å². The van der Waals surface area contributed by atoms with Gasteiger partial charge in [0.15, 0.2) is 17.9 Å². The largest absolute Gasteiger partial charge is 0.507 e. The lowest BCUT2D eigenvalue weighted by atomic mass is 9.72. The van der Waals surface area contributed by atoms with Crippen molar-refractivity contribution in [3.05, 3.63) is 117 Å². The summed E-state index contributed by atoms with van der Waals surface area (Å²) in [6.45, 7) is 8.82. The molecule has 14 nitrogen and oxygen atoms in total. The second-order valence-corrected chi connectivity index (χ2v) is 15.3. The first-order chi connectivity index (χ1) is 28.7. The highest BCUT2D eigenvalue weighted by Crippen LogP contribution is 2.52. The summed E-state index contributed by atoms with van der Waals surface area (Å²) in [4.78, 5) is 42.1. The van der Waals surface area contributed by atoms with Crippen molar-refractivity contribution in [2.45, 2.75) is 82.7 Å². The van der Waals surface area contributed by atoms with Gasteiger partial charge in [-0.1, -0.05) is 68.4 Å². The maximum atomic E-state index is 13.6. The molecule has 7 rings (SSSR count). The van der Waals surface area contributed by atoms with Gasteiger partial charge in [0.1, 0.15) is 41.8 Å². The van der Waals surface area contributed by atoms with Gasteiger partial charge in [-0.25, -0.2) is 0 Å². The van der Waals surface area contributed by atoms with Gasteiger partial charge in [-0.15, -0.1) is 0 Å². The van der Waals surface area contributed by atoms with E-state index >= 15 is 0 Å². The summed E-state index contributed by atoms with van der Waals surface area (Å²) in [6.07, 6.45) is -4.15. The van der Waals surface area contributed by atoms with E-state index in [0.717, 1.165) is 38.4 Å². The number of phenols is 2. The quantitative estimate of drug-likeness (QED) is 0.0926. The minimum Gasteiger partial charge on any atom is -0.507 e. The molecule has 0 amide bonds. The molecule has 0 saturated carbocycles. The number of nitrogens with zero attached hydrogens (tertiary/aromatic N) is 1. The highest BCUT2D eigenvalue weighted by molar-refractivity contribution is 6.31. The Hall–Kier alpha value is -5.19. The Bertz CT molecular complexity index is 2160. The molecule has 1 fully saturated rings. The molecular weight excluding hydrogens is 773 g/mol. The molecule has 0 radical (unpaired) electrons. The van der Waals surface area contributed by atoms with Gasteiger partial charge in [-0.2, -0.15) is 0 Å². The van der Waals surface area contributed by atoms with Gasteiger partial charge in [0, 0.05) is 48.5 Å². The molecule has 0 aromatic heterocycles. The fourth-order valence-corrected chi connectivity index (χ4v) is 8.12. The topological polar surface area (TPSA) is 219 Å². The van der Waals surface area contributed by atoms with Crippen molar-refractivity contribution in [1.82, 2.24) is 4.90 Å². The summed E-state index contributed by atoms with van der Waals surface area (Å²) in [5.74, 6) is -2.82. The first kappa shape index (κ1) is 44.4. The summed E-state index contributed by atoms with van der Waals surface area (Å²) in [7, 11) is 1.32. The monoisotopic (exact) mass is 826 g/mol. The van der Waals surface area contributed by atoms with E-state index in [1.54, 1.807) is 6.92 Å². The molecule has 4 aromatic carbocycles. The van der Waals surface area contributed by atoms with Crippen LogP contribution in [0.5, 0.6) is 23.0 Å². The average Bonchev–Trinajstić information content (AvgIpc) is 3.25. The predicted molar refractivity (Wildman–Crippen MR) is 221 cm³/mol. The molecule has 1 heterocycles. The fourth-order valence-electron chi connectivity index (χ4n) is 8.12. The number of hydrogen-bond donors (Lipinski definition) is 6. The van der Waals surface area contributed by atoms with Crippen LogP contribution in [-0.2, 0) is 27.1 Å². The third kappa shape index (κ3) is 9.10. The molecule has 14 heteroatoms. The lowest BCUT2D eigenvalue weighted by Gasteiger charge is -2.42. The van der Waals surface area contributed by atoms with Gasteiger partial charge >= 0.3 is 0 Å². The maximum Gasteiger partial charge on any atom is 0.202 e. The highest BCUT2D eigenvalue weighted by atomic mass is 16.7. The number of Topliss-reactive ketones (excluding diaryl/α,β-unsaturated/α-hetero) is 1. The summed E-state index contributed by atoms with van der Waals surface area (Å²) < 4.78 is 22.8. The van der Waals surface area contributed by atoms with Crippen molar-refractivity contribution >= 4 is 17.3 Å². The van der Waals surface area contributed by atoms with E-state index in [0.29, 0.717) is 0 Å². The number of benzene rings is 4. The Kier molecular flexibility index (Phi) is 14.1. The van der Waals surface area contributed by atoms with Gasteiger partial charge in [0.2, 0.25) is 5.78 Å². The molecule has 0 unspecified atom stereocenters. The Morgan fingerprint density at radius 3 is 2.22 bits per heavy atom. The molecule has 7 N–H and O–H groups in total. The van der Waals surface area contributed by atoms with Crippen LogP contribution in [0.4, 0.5) is 0 Å². The number of nitrogens with two attached hydrogens (primary N) is 1. The van der Waals surface area contributed by atoms with Gasteiger partial charge in [0.25, 0.3) is 0 Å². The van der Waals surface area contributed by atoms with E-state index in [-0.39, 0.29) is 34.4 Å². The predicted octanol–water partition coefficient (Wildman–Crippen LogP) is 4.00. The molecule has 0 spiro atoms. The smallest absolute Gasteiger partial charge is 0.202 e. The number of carbonyl (C=O) groups excluding carboxylic acids is 3. The molecule has 3 aliphatic rings. The third-order valence-electron chi connectivity index (χ3n) is 11.6. The lowest BCUT2D eigenvalue weighted by Crippen LogP contribution is -2.53. The lowest BCUT2D eigenvalue weighted by molar-refractivity contribution is -0.247. The molecule has 1 saturated heterocycles. The molecule has 2 aliphatic carbocycles. The number of phenolic OH excluding ortho intramolecular Hbond substituents is 2. The number of likely N-dealkylation sites (N-methyl/N-ethyl adjacent to an activating group) is 1. The molecule has 6 atom stereocenters. The minimum atomic E-state index is -2.24. The zero-order valence-electron chi connectivity index (χ0n) is 34.3. The van der Waals surface area contributed by atoms with Crippen LogP contribution in [0.1, 0.15) is 93.8 Å². The number of aliphatic hydroxyl groups is 3. The van der Waals surface area contributed by atoms with Crippen LogP contribution >= 0.6 is 0 Å². The van der Waals surface area contributed by atoms with Crippen molar-refractivity contribution in [3.63, 3.8) is 0 Å². The van der Waals surface area contributed by atoms with Gasteiger partial charge in [0.05, 0.1) is 42.1 Å². The van der Waals surface area contributed by atoms with Crippen LogP contribution in [0, 0.1) is 0 Å². The Morgan fingerprint density at radius 2 is 1.58 bits per heavy atom. The Morgan fingerprint density at radius 1 is 0.917 bits per heavy atom. The summed E-state index contributed by atoms with van der Waals surface area (Å²) in [6, 6.07) is 22.6. The Labute approximate surface area is 349 Å². The SMILES string of the molecule is CCN(CC)CCOc1ccc(Cc2ccccc2)cc1.COc1cccc2c1C(=O)c1c(O)c3c(c(O)c1C2=O)C[C@@](O)(C(=O)CO)C[C@@H]3O[C@H]1C[C@H](N)[C@H](O)[C@H](C)O1. The van der Waals surface area contributed by atoms with Crippen LogP contribution in [0.15, 0.2) is 72.8 Å². The normalized spacial score (nSPS) is 23.2. The van der Waals surface area contributed by atoms with Crippen molar-refractivity contribution < 1.29 is 58.9 Å². The second kappa shape index (κ2) is 19.0. The van der Waals surface area contributed by atoms with Gasteiger partial charge in [-0.05, 0) is 55.8 Å². The number of methoxy groups -OCH3 is 1. The Balaban J connectivity index is 0.000000243. The number of ketones is 3. The van der Waals surface area contributed by atoms with Gasteiger partial charge < -0.3 is 55.1 Å². The molecule has 320 valence electrons. The number of ether oxygens (including phenoxy) is 4. The average molecular weight is 827 g/mol. The number of aromatic hydroxyl groups is 2. The van der Waals surface area contributed by atoms with Crippen LogP contribution in [0.2, 0.25) is 0 Å². The molecule has 0 bridgehead atoms. The van der Waals surface area contributed by atoms with Crippen molar-refractivity contribution in [2.75, 3.05) is 40.0 Å². The second-order valence-electron chi connectivity index (χ2n) is 15.3. The van der Waals surface area contributed by atoms with Crippen LogP contribution in [0.3, 0.4) is 0 Å². The number of fused-ring (bicyclic) bond motifs is 3. The van der Waals surface area contributed by atoms with Crippen molar-refractivity contribution in [3.8, 4) is 23.0 Å². The van der Waals surface area contributed by atoms with E-state index < -0.39 is 95.7 Å². The standard InChI is InChI=1S/C27H29NO11.C19H25NO/c1-10-22(31)13(28)6-17(38-10)39-15-8-27(36,16(30)9-29)7-12-19(15)26(35)21-20(24(12)33)23(32)11-4-3-5-14(37-2)18(11)25(21)34;1-3-20(4-2)14-15-21-19-12-10-18(11-13-19)16-17-8-6-5-7-9-17/h3-5,10,13,15,17,22,29,31,33,35-36H,6-9,28H2,1-2H3;5-13H,3-4,14-16H2,1-2H3/t10-,13-,15-,17-,22+,27-;/m0./s1. The highest BCUT2D eigenvalue weighted by Gasteiger charge is 2.50. The van der Waals surface area contributed by atoms with Crippen LogP contribution in [-0.4, -0.2) is 118 Å². The first-order valence-corrected chi connectivity index (χ1v) is 20.2. The number of hydrogen-bond acceptors (Lipinski definition) is 14. The summed E-state index contributed by atoms with van der Waals surface area (Å²) >= 11 is 0. The van der Waals surface area contributed by atoms with Crippen LogP contribution < -0.4 is 15.2 Å². The number of carbonyl (C=O) groups is 3. The molecule has 4 aromatic rings. The molecular formula is C46H54N2O12. The van der Waals surface area contributed by atoms with E-state index in [4.69, 9.17) is 24.7 Å². The van der Waals surface area contributed by atoms with Crippen molar-refractivity contribution in [2.24, 2.45) is 5.73 Å². The third-order valence-corrected chi connectivity index (χ3v) is 11.6. The number of rotatable bonds is 13. The van der Waals surface area contributed by atoms with Crippen LogP contribution in [0.25, 0.3) is 0 Å². The number of aliphatic hydroxyl groups excluding tert-OH is 2. The van der Waals surface area contributed by atoms with Crippen molar-refractivity contribution in [1.29, 1.82) is 0 Å². The first-order valence-electron chi connectivity index (χ1n) is 20.2. The van der Waals surface area contributed by atoms with E-state index in [2.05, 4.69) is 73.3 Å². The summed E-state index contributed by atoms with van der Waals surface area (Å²) in [5, 5.41) is 53.7. The fraction of sp³-hybridized carbons (Fsp3) is 0.413. The zero-order chi connectivity index (χ0) is 43.3. The molecule has 60 heavy (non-hydrogen) atoms. The minimum absolute atomic E-state index is 0.0173. The zero-order valence-corrected chi connectivity index (χ0v) is 34.3. The maximum absolute atomic E-state index is 13.6. The van der Waals surface area contributed by atoms with E-state index in [1.165, 1.54) is 36.4 Å².